The molecule has 30 heavy (non-hydrogen) atoms. The quantitative estimate of drug-likeness (QED) is 0.781. The molecule has 2 atom stereocenters. The van der Waals surface area contributed by atoms with E-state index in [1.807, 2.05) is 12.1 Å². The number of pyridine rings is 1. The molecule has 9 heteroatoms. The summed E-state index contributed by atoms with van der Waals surface area (Å²) in [4.78, 5) is 7.66. The maximum absolute atomic E-state index is 13.0. The SMILES string of the molecule is O[C@H]1CN(c2cccc(C(F)(F)F)n2)C[C@@H]1N1CCC(Oc2ccc(Cl)cc2)CC1. The monoisotopic (exact) mass is 441 g/mol. The molecule has 2 aliphatic heterocycles. The highest BCUT2D eigenvalue weighted by molar-refractivity contribution is 6.30. The van der Waals surface area contributed by atoms with Crippen LogP contribution in [0.25, 0.3) is 0 Å². The third-order valence-corrected chi connectivity index (χ3v) is 5.92. The van der Waals surface area contributed by atoms with Crippen LogP contribution in [0.1, 0.15) is 18.5 Å². The lowest BCUT2D eigenvalue weighted by atomic mass is 10.0. The van der Waals surface area contributed by atoms with Gasteiger partial charge in [0.15, 0.2) is 0 Å². The number of anilines is 1. The summed E-state index contributed by atoms with van der Waals surface area (Å²) in [6.07, 6.45) is -3.42. The number of aliphatic hydroxyl groups excluding tert-OH is 1. The van der Waals surface area contributed by atoms with Gasteiger partial charge in [-0.15, -0.1) is 0 Å². The van der Waals surface area contributed by atoms with Crippen LogP contribution in [0, 0.1) is 0 Å². The van der Waals surface area contributed by atoms with Gasteiger partial charge in [0.1, 0.15) is 23.4 Å². The van der Waals surface area contributed by atoms with E-state index in [1.54, 1.807) is 23.1 Å². The minimum Gasteiger partial charge on any atom is -0.490 e. The first-order valence-electron chi connectivity index (χ1n) is 9.93. The number of likely N-dealkylation sites (tertiary alicyclic amines) is 1. The van der Waals surface area contributed by atoms with Gasteiger partial charge in [0.2, 0.25) is 0 Å². The molecule has 3 heterocycles. The number of halogens is 4. The Labute approximate surface area is 178 Å². The van der Waals surface area contributed by atoms with E-state index >= 15 is 0 Å². The Hall–Kier alpha value is -2.03. The summed E-state index contributed by atoms with van der Waals surface area (Å²) in [5, 5.41) is 11.2. The Morgan fingerprint density at radius 3 is 2.40 bits per heavy atom. The standard InChI is InChI=1S/C21H23ClF3N3O2/c22-14-4-6-15(7-5-14)30-16-8-10-27(11-9-16)17-12-28(13-18(17)29)20-3-1-2-19(26-20)21(23,24)25/h1-7,16-18,29H,8-13H2/t17-,18-/m0/s1. The van der Waals surface area contributed by atoms with Crippen LogP contribution in [-0.2, 0) is 6.18 Å². The van der Waals surface area contributed by atoms with Crippen molar-refractivity contribution in [3.05, 3.63) is 53.2 Å². The minimum atomic E-state index is -4.49. The van der Waals surface area contributed by atoms with Crippen LogP contribution in [0.2, 0.25) is 5.02 Å². The zero-order valence-electron chi connectivity index (χ0n) is 16.2. The number of hydrogen-bond acceptors (Lipinski definition) is 5. The molecule has 0 saturated carbocycles. The molecule has 5 nitrogen and oxygen atoms in total. The smallest absolute Gasteiger partial charge is 0.433 e. The lowest BCUT2D eigenvalue weighted by molar-refractivity contribution is -0.141. The molecule has 162 valence electrons. The number of nitrogens with zero attached hydrogens (tertiary/aromatic N) is 3. The Morgan fingerprint density at radius 2 is 1.73 bits per heavy atom. The van der Waals surface area contributed by atoms with Crippen molar-refractivity contribution in [2.24, 2.45) is 0 Å². The van der Waals surface area contributed by atoms with Gasteiger partial charge < -0.3 is 14.7 Å². The second kappa shape index (κ2) is 8.61. The highest BCUT2D eigenvalue weighted by Crippen LogP contribution is 2.31. The average Bonchev–Trinajstić information content (AvgIpc) is 3.11. The van der Waals surface area contributed by atoms with Gasteiger partial charge in [-0.1, -0.05) is 17.7 Å². The van der Waals surface area contributed by atoms with Crippen molar-refractivity contribution in [1.82, 2.24) is 9.88 Å². The summed E-state index contributed by atoms with van der Waals surface area (Å²) < 4.78 is 44.9. The molecule has 4 rings (SSSR count). The Kier molecular flexibility index (Phi) is 6.09. The average molecular weight is 442 g/mol. The van der Waals surface area contributed by atoms with E-state index in [-0.39, 0.29) is 24.5 Å². The first kappa shape index (κ1) is 21.2. The van der Waals surface area contributed by atoms with E-state index in [9.17, 15) is 18.3 Å². The minimum absolute atomic E-state index is 0.0854. The van der Waals surface area contributed by atoms with Gasteiger partial charge in [-0.05, 0) is 49.2 Å². The predicted molar refractivity (Wildman–Crippen MR) is 108 cm³/mol. The van der Waals surface area contributed by atoms with Crippen molar-refractivity contribution in [3.63, 3.8) is 0 Å². The van der Waals surface area contributed by atoms with Crippen LogP contribution in [0.4, 0.5) is 19.0 Å². The van der Waals surface area contributed by atoms with Gasteiger partial charge in [-0.25, -0.2) is 4.98 Å². The molecule has 0 radical (unpaired) electrons. The molecule has 2 aromatic rings. The fraction of sp³-hybridized carbons (Fsp3) is 0.476. The number of piperidine rings is 1. The fourth-order valence-corrected chi connectivity index (χ4v) is 4.23. The summed E-state index contributed by atoms with van der Waals surface area (Å²) >= 11 is 5.90. The maximum atomic E-state index is 13.0. The summed E-state index contributed by atoms with van der Waals surface area (Å²) in [6.45, 7) is 2.21. The maximum Gasteiger partial charge on any atom is 0.433 e. The van der Waals surface area contributed by atoms with Crippen molar-refractivity contribution < 1.29 is 23.0 Å². The number of aliphatic hydroxyl groups is 1. The van der Waals surface area contributed by atoms with Crippen molar-refractivity contribution in [1.29, 1.82) is 0 Å². The molecular formula is C21H23ClF3N3O2. The number of aromatic nitrogens is 1. The van der Waals surface area contributed by atoms with Crippen LogP contribution in [0.5, 0.6) is 5.75 Å². The van der Waals surface area contributed by atoms with Gasteiger partial charge in [-0.2, -0.15) is 13.2 Å². The van der Waals surface area contributed by atoms with Gasteiger partial charge in [0, 0.05) is 31.2 Å². The van der Waals surface area contributed by atoms with E-state index in [0.29, 0.717) is 11.6 Å². The van der Waals surface area contributed by atoms with Gasteiger partial charge in [0.05, 0.1) is 12.1 Å². The topological polar surface area (TPSA) is 48.8 Å². The highest BCUT2D eigenvalue weighted by Gasteiger charge is 2.39. The largest absolute Gasteiger partial charge is 0.490 e. The fourth-order valence-electron chi connectivity index (χ4n) is 4.10. The van der Waals surface area contributed by atoms with Gasteiger partial charge in [0.25, 0.3) is 0 Å². The Balaban J connectivity index is 1.34. The van der Waals surface area contributed by atoms with E-state index < -0.39 is 18.0 Å². The molecule has 1 aromatic carbocycles. The van der Waals surface area contributed by atoms with Gasteiger partial charge in [-0.3, -0.25) is 4.90 Å². The number of β-amino-alcohol motifs (C(OH)–C–C–N with tert-alkyl or cyclic N) is 1. The van der Waals surface area contributed by atoms with E-state index in [2.05, 4.69) is 9.88 Å². The molecule has 0 bridgehead atoms. The lowest BCUT2D eigenvalue weighted by Crippen LogP contribution is -2.49. The summed E-state index contributed by atoms with van der Waals surface area (Å²) in [6, 6.07) is 11.0. The second-order valence-corrected chi connectivity index (χ2v) is 8.16. The summed E-state index contributed by atoms with van der Waals surface area (Å²) in [5.74, 6) is 1.02. The molecule has 2 saturated heterocycles. The molecule has 0 unspecified atom stereocenters. The number of ether oxygens (including phenoxy) is 1. The molecule has 0 spiro atoms. The number of benzene rings is 1. The van der Waals surface area contributed by atoms with E-state index in [0.717, 1.165) is 37.7 Å². The first-order valence-corrected chi connectivity index (χ1v) is 10.3. The highest BCUT2D eigenvalue weighted by atomic mass is 35.5. The van der Waals surface area contributed by atoms with Crippen molar-refractivity contribution in [2.75, 3.05) is 31.1 Å². The number of hydrogen-bond donors (Lipinski definition) is 1. The third kappa shape index (κ3) is 4.82. The molecular weight excluding hydrogens is 419 g/mol. The van der Waals surface area contributed by atoms with Crippen LogP contribution in [0.15, 0.2) is 42.5 Å². The normalized spacial score (nSPS) is 23.7. The van der Waals surface area contributed by atoms with Crippen molar-refractivity contribution in [3.8, 4) is 5.75 Å². The summed E-state index contributed by atoms with van der Waals surface area (Å²) in [7, 11) is 0. The summed E-state index contributed by atoms with van der Waals surface area (Å²) in [5.41, 5.74) is -0.918. The third-order valence-electron chi connectivity index (χ3n) is 5.67. The number of alkyl halides is 3. The molecule has 2 fully saturated rings. The zero-order chi connectivity index (χ0) is 21.3. The van der Waals surface area contributed by atoms with E-state index in [4.69, 9.17) is 16.3 Å². The first-order chi connectivity index (χ1) is 14.3. The van der Waals surface area contributed by atoms with Gasteiger partial charge >= 0.3 is 6.18 Å². The zero-order valence-corrected chi connectivity index (χ0v) is 17.0. The molecule has 0 aliphatic carbocycles. The lowest BCUT2D eigenvalue weighted by Gasteiger charge is -2.36. The van der Waals surface area contributed by atoms with Crippen LogP contribution in [0.3, 0.4) is 0 Å². The van der Waals surface area contributed by atoms with Crippen LogP contribution in [-0.4, -0.2) is 59.4 Å². The van der Waals surface area contributed by atoms with Crippen LogP contribution >= 0.6 is 11.6 Å². The van der Waals surface area contributed by atoms with Crippen molar-refractivity contribution >= 4 is 17.4 Å². The Bertz CT molecular complexity index is 857. The molecule has 1 aromatic heterocycles. The number of rotatable bonds is 4. The Morgan fingerprint density at radius 1 is 1.03 bits per heavy atom. The predicted octanol–water partition coefficient (Wildman–Crippen LogP) is 3.85. The second-order valence-electron chi connectivity index (χ2n) is 7.73. The van der Waals surface area contributed by atoms with E-state index in [1.165, 1.54) is 6.07 Å². The molecule has 2 aliphatic rings. The molecule has 0 amide bonds. The van der Waals surface area contributed by atoms with Crippen LogP contribution < -0.4 is 9.64 Å². The molecule has 1 N–H and O–H groups in total. The van der Waals surface area contributed by atoms with Crippen molar-refractivity contribution in [2.45, 2.75) is 37.3 Å².